The van der Waals surface area contributed by atoms with Crippen LogP contribution < -0.4 is 10.6 Å². The van der Waals surface area contributed by atoms with Crippen LogP contribution in [0.5, 0.6) is 0 Å². The van der Waals surface area contributed by atoms with E-state index in [2.05, 4.69) is 46.0 Å². The number of nitrogens with zero attached hydrogens (tertiary/aromatic N) is 3. The van der Waals surface area contributed by atoms with E-state index in [4.69, 9.17) is 0 Å². The molecule has 1 aromatic carbocycles. The maximum atomic E-state index is 4.59. The summed E-state index contributed by atoms with van der Waals surface area (Å²) >= 11 is 0. The third-order valence-electron chi connectivity index (χ3n) is 3.40. The summed E-state index contributed by atoms with van der Waals surface area (Å²) in [6.45, 7) is 2.96. The Bertz CT molecular complexity index is 586. The van der Waals surface area contributed by atoms with Gasteiger partial charge in [-0.2, -0.15) is 5.10 Å². The molecule has 112 valence electrons. The van der Waals surface area contributed by atoms with Gasteiger partial charge in [0.2, 0.25) is 0 Å². The summed E-state index contributed by atoms with van der Waals surface area (Å²) < 4.78 is 1.95. The first kappa shape index (κ1) is 15.1. The van der Waals surface area contributed by atoms with E-state index in [-0.39, 0.29) is 0 Å². The van der Waals surface area contributed by atoms with Crippen molar-refractivity contribution in [3.05, 3.63) is 47.8 Å². The molecule has 0 bridgehead atoms. The number of aryl methyl sites for hydroxylation is 2. The van der Waals surface area contributed by atoms with Crippen LogP contribution in [0.25, 0.3) is 5.69 Å². The predicted molar refractivity (Wildman–Crippen MR) is 87.0 cm³/mol. The number of aromatic nitrogens is 2. The Hall–Kier alpha value is -2.30. The molecule has 0 fully saturated rings. The molecule has 21 heavy (non-hydrogen) atoms. The molecular formula is C16H23N5. The van der Waals surface area contributed by atoms with E-state index in [1.807, 2.05) is 29.9 Å². The monoisotopic (exact) mass is 285 g/mol. The summed E-state index contributed by atoms with van der Waals surface area (Å²) in [6, 6.07) is 10.2. The second-order valence-corrected chi connectivity index (χ2v) is 4.87. The predicted octanol–water partition coefficient (Wildman–Crippen LogP) is 1.91. The summed E-state index contributed by atoms with van der Waals surface area (Å²) in [7, 11) is 3.64. The topological polar surface area (TPSA) is 54.2 Å². The number of benzene rings is 1. The van der Waals surface area contributed by atoms with Crippen LogP contribution >= 0.6 is 0 Å². The molecule has 0 spiro atoms. The molecule has 5 nitrogen and oxygen atoms in total. The Kier molecular flexibility index (Phi) is 5.37. The molecule has 0 aliphatic heterocycles. The first-order valence-corrected chi connectivity index (χ1v) is 7.23. The van der Waals surface area contributed by atoms with Gasteiger partial charge in [-0.25, -0.2) is 4.68 Å². The number of rotatable bonds is 5. The molecule has 0 aliphatic rings. The van der Waals surface area contributed by atoms with Gasteiger partial charge < -0.3 is 10.6 Å². The maximum Gasteiger partial charge on any atom is 0.190 e. The van der Waals surface area contributed by atoms with Gasteiger partial charge in [0.1, 0.15) is 0 Å². The molecule has 1 heterocycles. The van der Waals surface area contributed by atoms with Crippen LogP contribution in [0.3, 0.4) is 0 Å². The van der Waals surface area contributed by atoms with Crippen LogP contribution in [0.1, 0.15) is 17.7 Å². The molecule has 1 aromatic heterocycles. The van der Waals surface area contributed by atoms with E-state index >= 15 is 0 Å². The van der Waals surface area contributed by atoms with E-state index in [0.717, 1.165) is 36.7 Å². The number of aliphatic imine (C=N–C) groups is 1. The summed E-state index contributed by atoms with van der Waals surface area (Å²) in [4.78, 5) is 4.09. The van der Waals surface area contributed by atoms with Gasteiger partial charge in [0.05, 0.1) is 11.4 Å². The Labute approximate surface area is 126 Å². The van der Waals surface area contributed by atoms with E-state index in [9.17, 15) is 0 Å². The fourth-order valence-corrected chi connectivity index (χ4v) is 2.22. The zero-order chi connectivity index (χ0) is 15.1. The van der Waals surface area contributed by atoms with Gasteiger partial charge in [-0.3, -0.25) is 4.99 Å². The SMILES string of the molecule is CN=C(NC)NCCCc1cn(-c2ccccc2)nc1C. The molecule has 0 atom stereocenters. The first-order valence-electron chi connectivity index (χ1n) is 7.23. The van der Waals surface area contributed by atoms with Crippen molar-refractivity contribution in [2.45, 2.75) is 19.8 Å². The lowest BCUT2D eigenvalue weighted by Gasteiger charge is -2.07. The van der Waals surface area contributed by atoms with Gasteiger partial charge in [0, 0.05) is 26.8 Å². The largest absolute Gasteiger partial charge is 0.359 e. The van der Waals surface area contributed by atoms with E-state index in [1.165, 1.54) is 5.56 Å². The third kappa shape index (κ3) is 4.08. The first-order chi connectivity index (χ1) is 10.2. The lowest BCUT2D eigenvalue weighted by molar-refractivity contribution is 0.755. The Morgan fingerprint density at radius 1 is 1.29 bits per heavy atom. The molecule has 2 rings (SSSR count). The van der Waals surface area contributed by atoms with Crippen molar-refractivity contribution in [1.82, 2.24) is 20.4 Å². The standard InChI is InChI=1S/C16H23N5/c1-13-14(8-7-11-19-16(17-2)18-3)12-21(20-13)15-9-5-4-6-10-15/h4-6,9-10,12H,7-8,11H2,1-3H3,(H2,17,18,19). The molecule has 5 heteroatoms. The zero-order valence-electron chi connectivity index (χ0n) is 12.9. The zero-order valence-corrected chi connectivity index (χ0v) is 12.9. The van der Waals surface area contributed by atoms with Crippen molar-refractivity contribution in [1.29, 1.82) is 0 Å². The molecule has 0 aliphatic carbocycles. The summed E-state index contributed by atoms with van der Waals surface area (Å²) in [6.07, 6.45) is 4.17. The Morgan fingerprint density at radius 2 is 2.05 bits per heavy atom. The lowest BCUT2D eigenvalue weighted by Crippen LogP contribution is -2.35. The van der Waals surface area contributed by atoms with Crippen molar-refractivity contribution in [3.63, 3.8) is 0 Å². The molecule has 2 N–H and O–H groups in total. The van der Waals surface area contributed by atoms with Crippen molar-refractivity contribution < 1.29 is 0 Å². The average Bonchev–Trinajstić information content (AvgIpc) is 2.89. The quantitative estimate of drug-likeness (QED) is 0.501. The highest BCUT2D eigenvalue weighted by Crippen LogP contribution is 2.13. The molecule has 0 amide bonds. The van der Waals surface area contributed by atoms with Crippen LogP contribution in [0.4, 0.5) is 0 Å². The van der Waals surface area contributed by atoms with Crippen LogP contribution in [-0.2, 0) is 6.42 Å². The highest BCUT2D eigenvalue weighted by atomic mass is 15.3. The maximum absolute atomic E-state index is 4.59. The van der Waals surface area contributed by atoms with Gasteiger partial charge in [-0.1, -0.05) is 18.2 Å². The summed E-state index contributed by atoms with van der Waals surface area (Å²) in [5, 5.41) is 10.9. The molecule has 0 saturated heterocycles. The Balaban J connectivity index is 1.91. The average molecular weight is 285 g/mol. The van der Waals surface area contributed by atoms with Gasteiger partial charge in [-0.15, -0.1) is 0 Å². The molecule has 2 aromatic rings. The Morgan fingerprint density at radius 3 is 2.71 bits per heavy atom. The minimum absolute atomic E-state index is 0.826. The molecule has 0 saturated carbocycles. The van der Waals surface area contributed by atoms with Gasteiger partial charge in [-0.05, 0) is 37.5 Å². The number of hydrogen-bond donors (Lipinski definition) is 2. The minimum Gasteiger partial charge on any atom is -0.359 e. The van der Waals surface area contributed by atoms with Crippen LogP contribution in [-0.4, -0.2) is 36.4 Å². The second-order valence-electron chi connectivity index (χ2n) is 4.87. The van der Waals surface area contributed by atoms with E-state index < -0.39 is 0 Å². The third-order valence-corrected chi connectivity index (χ3v) is 3.40. The van der Waals surface area contributed by atoms with Gasteiger partial charge in [0.15, 0.2) is 5.96 Å². The normalized spacial score (nSPS) is 11.5. The number of hydrogen-bond acceptors (Lipinski definition) is 2. The molecule has 0 radical (unpaired) electrons. The van der Waals surface area contributed by atoms with Crippen LogP contribution in [0, 0.1) is 6.92 Å². The highest BCUT2D eigenvalue weighted by Gasteiger charge is 2.06. The summed E-state index contributed by atoms with van der Waals surface area (Å²) in [5.74, 6) is 0.826. The van der Waals surface area contributed by atoms with E-state index in [0.29, 0.717) is 0 Å². The second kappa shape index (κ2) is 7.47. The van der Waals surface area contributed by atoms with Crippen molar-refractivity contribution in [2.24, 2.45) is 4.99 Å². The highest BCUT2D eigenvalue weighted by molar-refractivity contribution is 5.79. The lowest BCUT2D eigenvalue weighted by atomic mass is 10.1. The summed E-state index contributed by atoms with van der Waals surface area (Å²) in [5.41, 5.74) is 3.48. The fraction of sp³-hybridized carbons (Fsp3) is 0.375. The molecular weight excluding hydrogens is 262 g/mol. The molecule has 0 unspecified atom stereocenters. The number of para-hydroxylation sites is 1. The fourth-order valence-electron chi connectivity index (χ4n) is 2.22. The van der Waals surface area contributed by atoms with Gasteiger partial charge in [0.25, 0.3) is 0 Å². The van der Waals surface area contributed by atoms with Gasteiger partial charge >= 0.3 is 0 Å². The smallest absolute Gasteiger partial charge is 0.190 e. The number of nitrogens with one attached hydrogen (secondary N) is 2. The van der Waals surface area contributed by atoms with Crippen LogP contribution in [0.2, 0.25) is 0 Å². The van der Waals surface area contributed by atoms with Crippen molar-refractivity contribution in [2.75, 3.05) is 20.6 Å². The minimum atomic E-state index is 0.826. The van der Waals surface area contributed by atoms with Crippen LogP contribution in [0.15, 0.2) is 41.5 Å². The van der Waals surface area contributed by atoms with Crippen molar-refractivity contribution >= 4 is 5.96 Å². The van der Waals surface area contributed by atoms with E-state index in [1.54, 1.807) is 7.05 Å². The van der Waals surface area contributed by atoms with Crippen molar-refractivity contribution in [3.8, 4) is 5.69 Å². The number of guanidine groups is 1.